The molecule has 0 fully saturated rings. The van der Waals surface area contributed by atoms with Crippen LogP contribution in [0.25, 0.3) is 0 Å². The quantitative estimate of drug-likeness (QED) is 0.140. The third-order valence-corrected chi connectivity index (χ3v) is 7.68. The number of alkyl halides is 3. The minimum Gasteiger partial charge on any atom is -0.486 e. The van der Waals surface area contributed by atoms with Crippen LogP contribution >= 0.6 is 0 Å². The molecule has 0 radical (unpaired) electrons. The first kappa shape index (κ1) is 35.9. The Labute approximate surface area is 267 Å². The fourth-order valence-corrected chi connectivity index (χ4v) is 4.50. The molecule has 0 aliphatic heterocycles. The van der Waals surface area contributed by atoms with Gasteiger partial charge in [-0.3, -0.25) is 9.59 Å². The first-order valence-electron chi connectivity index (χ1n) is 15.1. The lowest BCUT2D eigenvalue weighted by molar-refractivity contribution is -0.143. The molecule has 0 aliphatic carbocycles. The smallest absolute Gasteiger partial charge is 0.416 e. The average Bonchev–Trinajstić information content (AvgIpc) is 3.02. The number of carboxylic acids is 1. The monoisotopic (exact) mass is 643 g/mol. The van der Waals surface area contributed by atoms with Crippen molar-refractivity contribution in [2.75, 3.05) is 13.6 Å². The van der Waals surface area contributed by atoms with Crippen molar-refractivity contribution in [1.29, 1.82) is 0 Å². The number of hydrogen-bond acceptors (Lipinski definition) is 6. The molecule has 11 heteroatoms. The van der Waals surface area contributed by atoms with Crippen LogP contribution in [0, 0.1) is 17.8 Å². The van der Waals surface area contributed by atoms with E-state index in [1.807, 2.05) is 51.1 Å². The van der Waals surface area contributed by atoms with Crippen LogP contribution in [0.5, 0.6) is 17.2 Å². The molecule has 8 nitrogen and oxygen atoms in total. The van der Waals surface area contributed by atoms with Gasteiger partial charge < -0.3 is 24.2 Å². The summed E-state index contributed by atoms with van der Waals surface area (Å²) in [6.45, 7) is 7.31. The minimum absolute atomic E-state index is 0.00486. The first-order chi connectivity index (χ1) is 21.7. The highest BCUT2D eigenvalue weighted by molar-refractivity contribution is 5.77. The van der Waals surface area contributed by atoms with E-state index in [-0.39, 0.29) is 42.6 Å². The van der Waals surface area contributed by atoms with Gasteiger partial charge >= 0.3 is 24.2 Å². The maximum atomic E-state index is 13.2. The summed E-state index contributed by atoms with van der Waals surface area (Å²) in [7, 11) is 1.52. The zero-order valence-corrected chi connectivity index (χ0v) is 26.5. The van der Waals surface area contributed by atoms with Crippen LogP contribution in [0.4, 0.5) is 18.0 Å². The molecule has 0 saturated heterocycles. The van der Waals surface area contributed by atoms with Crippen LogP contribution < -0.4 is 14.2 Å². The highest BCUT2D eigenvalue weighted by atomic mass is 19.4. The molecule has 46 heavy (non-hydrogen) atoms. The Balaban J connectivity index is 1.76. The lowest BCUT2D eigenvalue weighted by Crippen LogP contribution is -2.32. The third kappa shape index (κ3) is 10.3. The van der Waals surface area contributed by atoms with Gasteiger partial charge in [0.1, 0.15) is 11.9 Å². The number of esters is 1. The van der Waals surface area contributed by atoms with Gasteiger partial charge in [0.15, 0.2) is 11.5 Å². The topological polar surface area (TPSA) is 102 Å². The number of rotatable bonds is 14. The van der Waals surface area contributed by atoms with Gasteiger partial charge in [-0.2, -0.15) is 13.2 Å². The van der Waals surface area contributed by atoms with Gasteiger partial charge in [-0.05, 0) is 66.3 Å². The van der Waals surface area contributed by atoms with Gasteiger partial charge in [0.05, 0.1) is 17.4 Å². The number of hydrogen-bond donors (Lipinski definition) is 1. The predicted octanol–water partition coefficient (Wildman–Crippen LogP) is 8.20. The number of halogens is 3. The fourth-order valence-electron chi connectivity index (χ4n) is 4.50. The van der Waals surface area contributed by atoms with E-state index in [9.17, 15) is 32.7 Å². The predicted molar refractivity (Wildman–Crippen MR) is 166 cm³/mol. The molecule has 0 bridgehead atoms. The number of nitrogens with zero attached hydrogens (tertiary/aromatic N) is 1. The molecule has 3 atom stereocenters. The van der Waals surface area contributed by atoms with E-state index in [0.717, 1.165) is 17.7 Å². The largest absolute Gasteiger partial charge is 0.486 e. The second kappa shape index (κ2) is 16.1. The van der Waals surface area contributed by atoms with E-state index >= 15 is 0 Å². The highest BCUT2D eigenvalue weighted by Gasteiger charge is 2.30. The molecular formula is C35H40F3NO7. The Kier molecular flexibility index (Phi) is 12.6. The molecule has 3 rings (SSSR count). The summed E-state index contributed by atoms with van der Waals surface area (Å²) in [5, 5.41) is 9.63. The fraction of sp³-hybridized carbons (Fsp3) is 0.400. The van der Waals surface area contributed by atoms with Gasteiger partial charge in [0.2, 0.25) is 0 Å². The van der Waals surface area contributed by atoms with Crippen molar-refractivity contribution in [3.8, 4) is 17.2 Å². The number of carbonyl (C=O) groups is 3. The summed E-state index contributed by atoms with van der Waals surface area (Å²) in [6.07, 6.45) is -4.82. The SMILES string of the molecule is CCC(C)C(=O)Oc1cc(CC(C(=O)O)C(C)C)ccc1OC(=O)N(C)CCC(Oc1ccc(C(F)(F)F)cc1)c1ccccc1. The maximum Gasteiger partial charge on any atom is 0.416 e. The molecule has 3 unspecified atom stereocenters. The van der Waals surface area contributed by atoms with Crippen molar-refractivity contribution in [3.05, 3.63) is 89.5 Å². The molecule has 1 N–H and O–H groups in total. The maximum absolute atomic E-state index is 13.2. The number of carboxylic acid groups (broad SMARTS) is 1. The van der Waals surface area contributed by atoms with Crippen molar-refractivity contribution in [3.63, 3.8) is 0 Å². The molecule has 0 heterocycles. The van der Waals surface area contributed by atoms with Crippen LogP contribution in [-0.2, 0) is 22.2 Å². The molecule has 0 saturated carbocycles. The number of aliphatic carboxylic acids is 1. The molecule has 0 aromatic heterocycles. The van der Waals surface area contributed by atoms with Crippen molar-refractivity contribution < 1.29 is 46.9 Å². The highest BCUT2D eigenvalue weighted by Crippen LogP contribution is 2.33. The van der Waals surface area contributed by atoms with E-state index in [2.05, 4.69) is 0 Å². The molecule has 3 aromatic carbocycles. The number of carbonyl (C=O) groups excluding carboxylic acids is 2. The summed E-state index contributed by atoms with van der Waals surface area (Å²) >= 11 is 0. The first-order valence-corrected chi connectivity index (χ1v) is 15.1. The van der Waals surface area contributed by atoms with Crippen LogP contribution in [0.15, 0.2) is 72.8 Å². The van der Waals surface area contributed by atoms with Gasteiger partial charge in [-0.25, -0.2) is 4.79 Å². The van der Waals surface area contributed by atoms with E-state index < -0.39 is 47.7 Å². The molecule has 248 valence electrons. The lowest BCUT2D eigenvalue weighted by Gasteiger charge is -2.24. The van der Waals surface area contributed by atoms with Gasteiger partial charge in [-0.15, -0.1) is 0 Å². The van der Waals surface area contributed by atoms with Crippen LogP contribution in [0.2, 0.25) is 0 Å². The van der Waals surface area contributed by atoms with Crippen molar-refractivity contribution in [2.24, 2.45) is 17.8 Å². The Morgan fingerprint density at radius 2 is 1.54 bits per heavy atom. The molecule has 3 aromatic rings. The Morgan fingerprint density at radius 3 is 2.11 bits per heavy atom. The summed E-state index contributed by atoms with van der Waals surface area (Å²) < 4.78 is 56.3. The Bertz CT molecular complexity index is 1460. The van der Waals surface area contributed by atoms with Crippen LogP contribution in [0.3, 0.4) is 0 Å². The summed E-state index contributed by atoms with van der Waals surface area (Å²) in [5.41, 5.74) is 0.579. The second-order valence-corrected chi connectivity index (χ2v) is 11.5. The number of amides is 1. The molecule has 0 aliphatic rings. The number of benzene rings is 3. The summed E-state index contributed by atoms with van der Waals surface area (Å²) in [4.78, 5) is 38.9. The Morgan fingerprint density at radius 1 is 0.891 bits per heavy atom. The third-order valence-electron chi connectivity index (χ3n) is 7.68. The van der Waals surface area contributed by atoms with Gasteiger partial charge in [0, 0.05) is 20.0 Å². The van der Waals surface area contributed by atoms with E-state index in [4.69, 9.17) is 14.2 Å². The zero-order valence-electron chi connectivity index (χ0n) is 26.5. The minimum atomic E-state index is -4.47. The zero-order chi connectivity index (χ0) is 34.0. The Hall–Kier alpha value is -4.54. The number of ether oxygens (including phenoxy) is 3. The van der Waals surface area contributed by atoms with Gasteiger partial charge in [0.25, 0.3) is 0 Å². The van der Waals surface area contributed by atoms with Gasteiger partial charge in [-0.1, -0.05) is 64.1 Å². The van der Waals surface area contributed by atoms with Crippen molar-refractivity contribution >= 4 is 18.0 Å². The molecular weight excluding hydrogens is 603 g/mol. The van der Waals surface area contributed by atoms with E-state index in [1.165, 1.54) is 36.2 Å². The van der Waals surface area contributed by atoms with Crippen molar-refractivity contribution in [1.82, 2.24) is 4.90 Å². The molecule has 0 spiro atoms. The van der Waals surface area contributed by atoms with Crippen LogP contribution in [-0.4, -0.2) is 41.6 Å². The summed E-state index contributed by atoms with van der Waals surface area (Å²) in [6, 6.07) is 18.1. The normalized spacial score (nSPS) is 13.4. The summed E-state index contributed by atoms with van der Waals surface area (Å²) in [5.74, 6) is -2.45. The molecule has 1 amide bonds. The van der Waals surface area contributed by atoms with E-state index in [1.54, 1.807) is 13.0 Å². The average molecular weight is 644 g/mol. The lowest BCUT2D eigenvalue weighted by atomic mass is 9.89. The van der Waals surface area contributed by atoms with Crippen molar-refractivity contribution in [2.45, 2.75) is 59.2 Å². The van der Waals surface area contributed by atoms with Crippen LogP contribution in [0.1, 0.15) is 63.3 Å². The van der Waals surface area contributed by atoms with E-state index in [0.29, 0.717) is 12.0 Å². The standard InChI is InChI=1S/C35H40F3NO7/c1-6-23(4)33(42)45-31-21-24(20-28(22(2)3)32(40)41)12-17-30(31)46-34(43)39(5)19-18-29(25-10-8-7-9-11-25)44-27-15-13-26(14-16-27)35(36,37)38/h7-17,21-23,28-29H,6,18-20H2,1-5H3,(H,40,41). The second-order valence-electron chi connectivity index (χ2n) is 11.5.